The zero-order chi connectivity index (χ0) is 24.4. The van der Waals surface area contributed by atoms with E-state index in [1.807, 2.05) is 31.3 Å². The fourth-order valence-electron chi connectivity index (χ4n) is 9.79. The van der Waals surface area contributed by atoms with Crippen molar-refractivity contribution in [2.24, 2.45) is 40.4 Å². The van der Waals surface area contributed by atoms with Crippen LogP contribution in [0.25, 0.3) is 0 Å². The fraction of sp³-hybridized carbons (Fsp3) is 0.793. The average Bonchev–Trinajstić information content (AvgIpc) is 3.40. The molecule has 0 saturated heterocycles. The lowest BCUT2D eigenvalue weighted by Crippen LogP contribution is -2.58. The molecule has 0 unspecified atom stereocenters. The van der Waals surface area contributed by atoms with Crippen molar-refractivity contribution in [3.05, 3.63) is 24.0 Å². The lowest BCUT2D eigenvalue weighted by atomic mass is 9.43. The van der Waals surface area contributed by atoms with E-state index < -0.39 is 5.60 Å². The molecular weight excluding hydrogens is 438 g/mol. The van der Waals surface area contributed by atoms with Crippen molar-refractivity contribution < 1.29 is 14.6 Å². The van der Waals surface area contributed by atoms with E-state index in [9.17, 15) is 9.90 Å². The zero-order valence-corrected chi connectivity index (χ0v) is 21.8. The van der Waals surface area contributed by atoms with Crippen LogP contribution in [0.15, 0.2) is 18.3 Å². The molecule has 35 heavy (non-hydrogen) atoms. The zero-order valence-electron chi connectivity index (χ0n) is 21.8. The molecular formula is C29H43N3O3. The summed E-state index contributed by atoms with van der Waals surface area (Å²) in [4.78, 5) is 18.2. The van der Waals surface area contributed by atoms with Crippen LogP contribution in [0, 0.1) is 40.4 Å². The molecule has 0 radical (unpaired) electrons. The van der Waals surface area contributed by atoms with E-state index in [1.165, 1.54) is 25.7 Å². The van der Waals surface area contributed by atoms with Crippen LogP contribution in [0.3, 0.4) is 0 Å². The Kier molecular flexibility index (Phi) is 5.82. The topological polar surface area (TPSA) is 74.7 Å². The second-order valence-electron chi connectivity index (χ2n) is 13.0. The highest BCUT2D eigenvalue weighted by atomic mass is 16.5. The van der Waals surface area contributed by atoms with E-state index in [4.69, 9.17) is 4.74 Å². The van der Waals surface area contributed by atoms with Gasteiger partial charge in [0.25, 0.3) is 0 Å². The van der Waals surface area contributed by atoms with Crippen molar-refractivity contribution in [3.8, 4) is 0 Å². The molecule has 4 aliphatic carbocycles. The van der Waals surface area contributed by atoms with Crippen LogP contribution in [-0.2, 0) is 16.1 Å². The summed E-state index contributed by atoms with van der Waals surface area (Å²) in [7, 11) is 1.86. The number of pyridine rings is 1. The Hall–Kier alpha value is -1.50. The van der Waals surface area contributed by atoms with Gasteiger partial charge < -0.3 is 9.84 Å². The van der Waals surface area contributed by atoms with Gasteiger partial charge in [0.1, 0.15) is 0 Å². The van der Waals surface area contributed by atoms with Crippen molar-refractivity contribution in [1.82, 2.24) is 10.4 Å². The van der Waals surface area contributed by atoms with Gasteiger partial charge in [-0.3, -0.25) is 14.8 Å². The molecule has 2 N–H and O–H groups in total. The Labute approximate surface area is 210 Å². The molecule has 0 spiro atoms. The van der Waals surface area contributed by atoms with Crippen molar-refractivity contribution in [2.75, 3.05) is 25.3 Å². The predicted molar refractivity (Wildman–Crippen MR) is 135 cm³/mol. The highest BCUT2D eigenvalue weighted by molar-refractivity contribution is 5.87. The molecule has 6 rings (SSSR count). The molecule has 0 bridgehead atoms. The number of hydrogen-bond acceptors (Lipinski definition) is 6. The normalized spacial score (nSPS) is 44.3. The number of nitrogens with zero attached hydrogens (tertiary/aromatic N) is 2. The second-order valence-corrected chi connectivity index (χ2v) is 13.0. The second kappa shape index (κ2) is 8.53. The van der Waals surface area contributed by atoms with Gasteiger partial charge in [-0.2, -0.15) is 0 Å². The van der Waals surface area contributed by atoms with Gasteiger partial charge in [-0.05, 0) is 111 Å². The Bertz CT molecular complexity index is 982. The number of anilines is 1. The maximum atomic E-state index is 13.7. The molecule has 1 aromatic rings. The third-order valence-electron chi connectivity index (χ3n) is 11.4. The molecule has 4 fully saturated rings. The smallest absolute Gasteiger partial charge is 0.157 e. The first kappa shape index (κ1) is 23.9. The highest BCUT2D eigenvalue weighted by Crippen LogP contribution is 2.68. The maximum Gasteiger partial charge on any atom is 0.157 e. The van der Waals surface area contributed by atoms with Gasteiger partial charge in [-0.15, -0.1) is 0 Å². The Balaban J connectivity index is 1.21. The van der Waals surface area contributed by atoms with Crippen LogP contribution < -0.4 is 10.4 Å². The quantitative estimate of drug-likeness (QED) is 0.645. The largest absolute Gasteiger partial charge is 0.390 e. The summed E-state index contributed by atoms with van der Waals surface area (Å²) in [5.74, 6) is 3.10. The van der Waals surface area contributed by atoms with E-state index in [0.29, 0.717) is 42.5 Å². The summed E-state index contributed by atoms with van der Waals surface area (Å²) in [6.45, 7) is 6.44. The summed E-state index contributed by atoms with van der Waals surface area (Å²) < 4.78 is 5.90. The monoisotopic (exact) mass is 481 g/mol. The molecule has 6 nitrogen and oxygen atoms in total. The lowest BCUT2D eigenvalue weighted by Gasteiger charge is -2.62. The standard InChI is InChI=1S/C29H43N3O3/c1-27(34)12-13-29(18-35-3)19(15-27)6-7-20-21-8-9-23(28(21,2)11-10-22(20)29)26(33)17-32-25-5-4-14-30-24(25)16-31-32/h4-5,14,19-23,31,34H,6-13,15-18H2,1-3H3/t19-,20-,21-,22-,23+,27+,28-,29+/m0/s1. The molecule has 0 aromatic carbocycles. The first-order chi connectivity index (χ1) is 16.8. The van der Waals surface area contributed by atoms with Crippen molar-refractivity contribution in [3.63, 3.8) is 0 Å². The molecule has 192 valence electrons. The van der Waals surface area contributed by atoms with Crippen LogP contribution in [-0.4, -0.2) is 41.7 Å². The van der Waals surface area contributed by atoms with E-state index in [0.717, 1.165) is 50.1 Å². The third kappa shape index (κ3) is 3.69. The Morgan fingerprint density at radius 3 is 2.86 bits per heavy atom. The van der Waals surface area contributed by atoms with E-state index >= 15 is 0 Å². The van der Waals surface area contributed by atoms with E-state index in [1.54, 1.807) is 0 Å². The number of aliphatic hydroxyl groups is 1. The summed E-state index contributed by atoms with van der Waals surface area (Å²) in [5, 5.41) is 12.9. The fourth-order valence-corrected chi connectivity index (χ4v) is 9.79. The third-order valence-corrected chi connectivity index (χ3v) is 11.4. The van der Waals surface area contributed by atoms with Crippen LogP contribution in [0.5, 0.6) is 0 Å². The molecule has 6 heteroatoms. The molecule has 1 aromatic heterocycles. The summed E-state index contributed by atoms with van der Waals surface area (Å²) >= 11 is 0. The first-order valence-corrected chi connectivity index (χ1v) is 14.0. The molecule has 0 amide bonds. The van der Waals surface area contributed by atoms with Gasteiger partial charge in [0.05, 0.1) is 36.7 Å². The number of fused-ring (bicyclic) bond motifs is 6. The number of rotatable bonds is 5. The van der Waals surface area contributed by atoms with Gasteiger partial charge in [0, 0.05) is 19.2 Å². The minimum absolute atomic E-state index is 0.108. The van der Waals surface area contributed by atoms with Gasteiger partial charge in [-0.25, -0.2) is 5.43 Å². The van der Waals surface area contributed by atoms with Gasteiger partial charge in [0.15, 0.2) is 5.78 Å². The molecule has 4 saturated carbocycles. The first-order valence-electron chi connectivity index (χ1n) is 14.0. The van der Waals surface area contributed by atoms with Gasteiger partial charge in [-0.1, -0.05) is 6.92 Å². The summed E-state index contributed by atoms with van der Waals surface area (Å²) in [6.07, 6.45) is 11.7. The minimum atomic E-state index is -0.527. The van der Waals surface area contributed by atoms with Crippen molar-refractivity contribution >= 4 is 11.5 Å². The minimum Gasteiger partial charge on any atom is -0.390 e. The van der Waals surface area contributed by atoms with Gasteiger partial charge >= 0.3 is 0 Å². The summed E-state index contributed by atoms with van der Waals surface area (Å²) in [5.41, 5.74) is 5.25. The Morgan fingerprint density at radius 2 is 2.03 bits per heavy atom. The molecule has 2 heterocycles. The lowest BCUT2D eigenvalue weighted by molar-refractivity contribution is -0.175. The highest BCUT2D eigenvalue weighted by Gasteiger charge is 2.63. The predicted octanol–water partition coefficient (Wildman–Crippen LogP) is 4.51. The number of carbonyl (C=O) groups is 1. The number of nitrogens with one attached hydrogen (secondary N) is 1. The number of hydrazine groups is 1. The number of carbonyl (C=O) groups excluding carboxylic acids is 1. The van der Waals surface area contributed by atoms with E-state index in [-0.39, 0.29) is 16.7 Å². The number of ketones is 1. The van der Waals surface area contributed by atoms with Crippen molar-refractivity contribution in [2.45, 2.75) is 83.8 Å². The maximum absolute atomic E-state index is 13.7. The number of aromatic nitrogens is 1. The number of hydrogen-bond donors (Lipinski definition) is 2. The number of ether oxygens (including phenoxy) is 1. The molecule has 1 aliphatic heterocycles. The van der Waals surface area contributed by atoms with Crippen LogP contribution in [0.2, 0.25) is 0 Å². The van der Waals surface area contributed by atoms with E-state index in [2.05, 4.69) is 23.4 Å². The number of methoxy groups -OCH3 is 1. The van der Waals surface area contributed by atoms with Crippen LogP contribution in [0.1, 0.15) is 77.3 Å². The van der Waals surface area contributed by atoms with Gasteiger partial charge in [0.2, 0.25) is 0 Å². The van der Waals surface area contributed by atoms with Crippen LogP contribution >= 0.6 is 0 Å². The SMILES string of the molecule is COC[C@]12CC[C@@](C)(O)C[C@@H]1CC[C@H]1[C@@H]3CC[C@H](C(=O)CN4NCc5ncccc54)[C@@]3(C)CC[C@@H]12. The number of Topliss-reactive ketones (excluding diaryl/α,β-unsaturated/α-hetero) is 1. The molecule has 8 atom stereocenters. The molecule has 5 aliphatic rings. The van der Waals surface area contributed by atoms with Crippen molar-refractivity contribution in [1.29, 1.82) is 0 Å². The Morgan fingerprint density at radius 1 is 1.17 bits per heavy atom. The van der Waals surface area contributed by atoms with Crippen LogP contribution in [0.4, 0.5) is 5.69 Å². The average molecular weight is 482 g/mol. The summed E-state index contributed by atoms with van der Waals surface area (Å²) in [6, 6.07) is 4.02.